The van der Waals surface area contributed by atoms with Crippen LogP contribution in [0.1, 0.15) is 19.3 Å². The maximum Gasteiger partial charge on any atom is 0.279 e. The van der Waals surface area contributed by atoms with E-state index in [0.717, 1.165) is 54.6 Å². The zero-order chi connectivity index (χ0) is 19.7. The van der Waals surface area contributed by atoms with Crippen molar-refractivity contribution in [1.29, 1.82) is 0 Å². The summed E-state index contributed by atoms with van der Waals surface area (Å²) < 4.78 is 28.8. The molecular formula is C21H22F2N4O. The number of benzene rings is 2. The van der Waals surface area contributed by atoms with Gasteiger partial charge in [-0.2, -0.15) is 4.68 Å². The number of hydrogen-bond donors (Lipinski definition) is 1. The van der Waals surface area contributed by atoms with E-state index in [1.54, 1.807) is 12.1 Å². The topological polar surface area (TPSA) is 50.2 Å². The number of nitrogens with one attached hydrogen (secondary N) is 1. The summed E-state index contributed by atoms with van der Waals surface area (Å²) in [5.41, 5.74) is -0.483. The first kappa shape index (κ1) is 18.6. The number of fused-ring (bicyclic) bond motifs is 1. The van der Waals surface area contributed by atoms with E-state index >= 15 is 0 Å². The van der Waals surface area contributed by atoms with Crippen molar-refractivity contribution in [2.75, 3.05) is 25.0 Å². The first-order valence-corrected chi connectivity index (χ1v) is 9.48. The van der Waals surface area contributed by atoms with Crippen LogP contribution in [0.2, 0.25) is 0 Å². The van der Waals surface area contributed by atoms with Gasteiger partial charge in [0.05, 0.1) is 5.39 Å². The Labute approximate surface area is 161 Å². The molecule has 1 aliphatic rings. The molecule has 1 aromatic heterocycles. The molecule has 1 saturated heterocycles. The summed E-state index contributed by atoms with van der Waals surface area (Å²) in [6.45, 7) is 1.55. The average molecular weight is 384 g/mol. The largest absolute Gasteiger partial charge is 0.353 e. The van der Waals surface area contributed by atoms with Gasteiger partial charge in [0.15, 0.2) is 11.6 Å². The van der Waals surface area contributed by atoms with Crippen molar-refractivity contribution < 1.29 is 8.78 Å². The van der Waals surface area contributed by atoms with Crippen molar-refractivity contribution in [2.24, 2.45) is 0 Å². The fourth-order valence-electron chi connectivity index (χ4n) is 3.79. The smallest absolute Gasteiger partial charge is 0.279 e. The third-order valence-electron chi connectivity index (χ3n) is 5.30. The van der Waals surface area contributed by atoms with Gasteiger partial charge in [0.1, 0.15) is 11.5 Å². The van der Waals surface area contributed by atoms with Crippen molar-refractivity contribution in [3.8, 4) is 5.69 Å². The molecular weight excluding hydrogens is 362 g/mol. The quantitative estimate of drug-likeness (QED) is 0.753. The van der Waals surface area contributed by atoms with Crippen LogP contribution in [0.25, 0.3) is 16.5 Å². The third kappa shape index (κ3) is 3.38. The van der Waals surface area contributed by atoms with Crippen molar-refractivity contribution >= 4 is 16.6 Å². The maximum absolute atomic E-state index is 14.4. The lowest BCUT2D eigenvalue weighted by Crippen LogP contribution is -2.39. The van der Waals surface area contributed by atoms with E-state index in [9.17, 15) is 13.6 Å². The zero-order valence-corrected chi connectivity index (χ0v) is 15.7. The summed E-state index contributed by atoms with van der Waals surface area (Å²) in [6, 6.07) is 10.7. The van der Waals surface area contributed by atoms with Gasteiger partial charge in [-0.1, -0.05) is 24.6 Å². The lowest BCUT2D eigenvalue weighted by molar-refractivity contribution is 0.530. The van der Waals surface area contributed by atoms with Crippen LogP contribution >= 0.6 is 0 Å². The summed E-state index contributed by atoms with van der Waals surface area (Å²) in [4.78, 5) is 15.1. The first-order chi connectivity index (χ1) is 13.6. The van der Waals surface area contributed by atoms with E-state index in [2.05, 4.69) is 15.3 Å². The summed E-state index contributed by atoms with van der Waals surface area (Å²) in [5, 5.41) is 9.06. The number of nitrogens with zero attached hydrogens (tertiary/aromatic N) is 3. The highest BCUT2D eigenvalue weighted by atomic mass is 19.1. The summed E-state index contributed by atoms with van der Waals surface area (Å²) >= 11 is 0. The van der Waals surface area contributed by atoms with Crippen molar-refractivity contribution in [2.45, 2.75) is 25.3 Å². The van der Waals surface area contributed by atoms with E-state index in [-0.39, 0.29) is 5.69 Å². The third-order valence-corrected chi connectivity index (χ3v) is 5.30. The Balaban J connectivity index is 1.93. The molecule has 7 heteroatoms. The average Bonchev–Trinajstić information content (AvgIpc) is 2.95. The number of anilines is 1. The minimum absolute atomic E-state index is 0.0570. The Morgan fingerprint density at radius 2 is 1.89 bits per heavy atom. The van der Waals surface area contributed by atoms with Gasteiger partial charge in [-0.15, -0.1) is 5.10 Å². The molecule has 0 radical (unpaired) electrons. The molecule has 0 bridgehead atoms. The molecule has 0 spiro atoms. The van der Waals surface area contributed by atoms with Gasteiger partial charge in [0.2, 0.25) is 0 Å². The molecule has 146 valence electrons. The van der Waals surface area contributed by atoms with Gasteiger partial charge in [0.25, 0.3) is 5.56 Å². The van der Waals surface area contributed by atoms with Gasteiger partial charge in [-0.25, -0.2) is 8.78 Å². The van der Waals surface area contributed by atoms with Crippen LogP contribution in [0.5, 0.6) is 0 Å². The van der Waals surface area contributed by atoms with Crippen LogP contribution in [-0.4, -0.2) is 36.0 Å². The Bertz CT molecular complexity index is 1070. The van der Waals surface area contributed by atoms with E-state index in [1.807, 2.05) is 19.2 Å². The van der Waals surface area contributed by atoms with Crippen LogP contribution in [0.15, 0.2) is 47.3 Å². The van der Waals surface area contributed by atoms with E-state index in [0.29, 0.717) is 17.2 Å². The highest BCUT2D eigenvalue weighted by Gasteiger charge is 2.22. The molecule has 0 unspecified atom stereocenters. The molecule has 1 fully saturated rings. The second kappa shape index (κ2) is 7.67. The molecule has 5 nitrogen and oxygen atoms in total. The fraction of sp³-hybridized carbons (Fsp3) is 0.333. The number of rotatable bonds is 3. The van der Waals surface area contributed by atoms with Crippen molar-refractivity contribution in [3.63, 3.8) is 0 Å². The van der Waals surface area contributed by atoms with Crippen molar-refractivity contribution in [3.05, 3.63) is 64.5 Å². The Morgan fingerprint density at radius 1 is 1.11 bits per heavy atom. The Kier molecular flexibility index (Phi) is 5.09. The Hall–Kier alpha value is -2.80. The van der Waals surface area contributed by atoms with Gasteiger partial charge >= 0.3 is 0 Å². The molecule has 0 aliphatic carbocycles. The lowest BCUT2D eigenvalue weighted by atomic mass is 10.1. The minimum Gasteiger partial charge on any atom is -0.353 e. The second-order valence-electron chi connectivity index (χ2n) is 7.11. The predicted octanol–water partition coefficient (Wildman–Crippen LogP) is 3.24. The van der Waals surface area contributed by atoms with E-state index in [4.69, 9.17) is 0 Å². The SMILES string of the molecule is CN[C@@H]1CCCCN(c2nn(-c3ccc(F)cc3F)c(=O)c3ccccc23)C1. The summed E-state index contributed by atoms with van der Waals surface area (Å²) in [7, 11) is 1.94. The normalized spacial score (nSPS) is 17.7. The standard InChI is InChI=1S/C21H22F2N4O/c1-24-15-6-4-5-11-26(13-15)20-16-7-2-3-8-17(16)21(28)27(25-20)19-10-9-14(22)12-18(19)23/h2-3,7-10,12,15,24H,4-6,11,13H2,1H3/t15-/m1/s1. The van der Waals surface area contributed by atoms with Gasteiger partial charge in [-0.05, 0) is 38.1 Å². The molecule has 1 aliphatic heterocycles. The molecule has 0 saturated carbocycles. The van der Waals surface area contributed by atoms with Crippen LogP contribution < -0.4 is 15.8 Å². The second-order valence-corrected chi connectivity index (χ2v) is 7.11. The molecule has 0 amide bonds. The fourth-order valence-corrected chi connectivity index (χ4v) is 3.79. The molecule has 3 aromatic rings. The first-order valence-electron chi connectivity index (χ1n) is 9.48. The monoisotopic (exact) mass is 384 g/mol. The number of likely N-dealkylation sites (N-methyl/N-ethyl adjacent to an activating group) is 1. The number of halogens is 2. The number of hydrogen-bond acceptors (Lipinski definition) is 4. The van der Waals surface area contributed by atoms with Gasteiger partial charge < -0.3 is 10.2 Å². The van der Waals surface area contributed by atoms with Crippen LogP contribution in [-0.2, 0) is 0 Å². The predicted molar refractivity (Wildman–Crippen MR) is 106 cm³/mol. The zero-order valence-electron chi connectivity index (χ0n) is 15.7. The highest BCUT2D eigenvalue weighted by molar-refractivity contribution is 5.91. The highest BCUT2D eigenvalue weighted by Crippen LogP contribution is 2.26. The maximum atomic E-state index is 14.4. The molecule has 1 N–H and O–H groups in total. The minimum atomic E-state index is -0.820. The van der Waals surface area contributed by atoms with Crippen LogP contribution in [0.3, 0.4) is 0 Å². The lowest BCUT2D eigenvalue weighted by Gasteiger charge is -2.27. The van der Waals surface area contributed by atoms with Gasteiger partial charge in [0, 0.05) is 30.6 Å². The van der Waals surface area contributed by atoms with Crippen LogP contribution in [0.4, 0.5) is 14.6 Å². The molecule has 4 rings (SSSR count). The summed E-state index contributed by atoms with van der Waals surface area (Å²) in [6.07, 6.45) is 3.18. The molecule has 1 atom stereocenters. The Morgan fingerprint density at radius 3 is 2.64 bits per heavy atom. The van der Waals surface area contributed by atoms with E-state index in [1.165, 1.54) is 6.07 Å². The molecule has 2 aromatic carbocycles. The molecule has 28 heavy (non-hydrogen) atoms. The molecule has 2 heterocycles. The van der Waals surface area contributed by atoms with Crippen molar-refractivity contribution in [1.82, 2.24) is 15.1 Å². The van der Waals surface area contributed by atoms with Gasteiger partial charge in [-0.3, -0.25) is 4.79 Å². The number of aromatic nitrogens is 2. The van der Waals surface area contributed by atoms with Crippen LogP contribution in [0, 0.1) is 11.6 Å². The summed E-state index contributed by atoms with van der Waals surface area (Å²) in [5.74, 6) is -0.874. The van der Waals surface area contributed by atoms with E-state index < -0.39 is 17.2 Å².